The first-order chi connectivity index (χ1) is 60.8. The zero-order valence-electron chi connectivity index (χ0n) is 68.3. The minimum Gasteiger partial charge on any atom is -0.404 e. The number of thiocarbonyl (C=S) groups is 1. The summed E-state index contributed by atoms with van der Waals surface area (Å²) in [7, 11) is -18.1. The van der Waals surface area contributed by atoms with Gasteiger partial charge in [-0.15, -0.1) is 25.7 Å². The molecule has 39 nitrogen and oxygen atoms in total. The molecule has 656 valence electrons. The van der Waals surface area contributed by atoms with Gasteiger partial charge in [-0.2, -0.15) is 0 Å². The Balaban J connectivity index is 0.000000148. The van der Waals surface area contributed by atoms with Gasteiger partial charge in [0.05, 0.1) is 56.9 Å². The third-order valence-corrected chi connectivity index (χ3v) is 24.6. The number of alkyl halides is 4. The second-order valence-electron chi connectivity index (χ2n) is 26.5. The van der Waals surface area contributed by atoms with Gasteiger partial charge in [0.15, 0.2) is 24.9 Å². The number of nitrogens with zero attached hydrogens (tertiary/aromatic N) is 4. The predicted octanol–water partition coefficient (Wildman–Crippen LogP) is 6.30. The van der Waals surface area contributed by atoms with Gasteiger partial charge in [-0.25, -0.2) is 50.2 Å². The topological polar surface area (TPSA) is 506 Å². The van der Waals surface area contributed by atoms with E-state index in [1.165, 1.54) is 24.3 Å². The fourth-order valence-corrected chi connectivity index (χ4v) is 17.4. The Morgan fingerprint density at radius 1 is 0.468 bits per heavy atom. The SMILES string of the molecule is C#Cc1cn([C@@H]2O[C@](F)(COP3(=O)OCc4ccccc4O3)[C@@H](O)[C@H]2O)c(=O)[nH]c1=S.[2H]C([2H])(OP1(=O)OCc2ccccc2O1)[C@@]1(F)O[C@@H](n2cc(C#C)c(=S)[nH]c2=O)[C@H](O)[C@@H]1O.[2H]C([2H])(OP1(=O)OCc2ccccc2O1)[C@@]1(F)O[C@@]([2H])(N2C=C(C#C)C(=S)NC2=C)[C@H](O)[C@@H]1O.[2H][C@@]1(n2cc(C#C)c(=S)[nH]c2=O)O[C@](F)(COP2(=O)OCc3ccccc3O2)[C@@H](O)[C@H]1O. The van der Waals surface area contributed by atoms with E-state index < -0.39 is 172 Å². The molecule has 0 aliphatic carbocycles. The Morgan fingerprint density at radius 3 is 1.16 bits per heavy atom. The molecule has 12 heterocycles. The maximum absolute atomic E-state index is 15.9. The van der Waals surface area contributed by atoms with Crippen LogP contribution >= 0.6 is 80.2 Å². The monoisotopic (exact) mass is 1880 g/mol. The normalized spacial score (nSPS) is 35.0. The summed E-state index contributed by atoms with van der Waals surface area (Å²) in [6, 6.07) is 25.6. The van der Waals surface area contributed by atoms with E-state index in [2.05, 4.69) is 50.5 Å². The number of benzene rings is 4. The van der Waals surface area contributed by atoms with E-state index in [4.69, 9.17) is 156 Å². The Hall–Kier alpha value is -9.37. The lowest BCUT2D eigenvalue weighted by Crippen LogP contribution is -2.47. The molecule has 4 aromatic carbocycles. The molecule has 9 aliphatic rings. The molecule has 0 amide bonds. The standard InChI is InChI=1S/C19H18FN2O7PS.3C18H16FN2O8PS/c1-3-12-8-22(11(2)21-17(12)31)18-15(23)16(24)19(20,28-18)10-27-30(25)26-9-13-6-4-5-7-14(13)29-30;3*1-2-10-7-21(17(24)20-15(10)31)16-13(22)14(23)18(19,28-16)9-27-30(25)26-8-11-5-3-4-6-12(11)29-30/h1,4-8,15-16,18,23-24H,2,9-10H2,(H,21,31);3*1,3-7,13-14,16,22-23H,8-9H2,(H,20,24,31)/t15-,16+,18-,19-,30?;3*13-,14+,16-,18-,30?/m1111/s1/i10D2,18D;16D;9D2;. The van der Waals surface area contributed by atoms with Crippen LogP contribution < -0.4 is 40.5 Å². The average molecular weight is 1890 g/mol. The van der Waals surface area contributed by atoms with Crippen LogP contribution in [0.1, 0.15) is 65.8 Å². The summed E-state index contributed by atoms with van der Waals surface area (Å²) in [6.07, 6.45) is -2.74. The molecule has 0 saturated carbocycles. The molecule has 9 aliphatic heterocycles. The van der Waals surface area contributed by atoms with Crippen molar-refractivity contribution < 1.29 is 158 Å². The molecule has 4 saturated heterocycles. The van der Waals surface area contributed by atoms with Crippen molar-refractivity contribution in [3.05, 3.63) is 224 Å². The molecule has 0 bridgehead atoms. The number of H-pyrrole nitrogens is 3. The molecule has 7 aromatic rings. The van der Waals surface area contributed by atoms with E-state index >= 15 is 17.6 Å². The highest BCUT2D eigenvalue weighted by molar-refractivity contribution is 7.80. The number of hydrogen-bond acceptors (Lipinski definition) is 36. The van der Waals surface area contributed by atoms with Gasteiger partial charge < -0.3 is 88.1 Å². The summed E-state index contributed by atoms with van der Waals surface area (Å²) in [5, 5.41) is 85.2. The molecule has 51 heteroatoms. The zero-order valence-corrected chi connectivity index (χ0v) is 69.1. The third kappa shape index (κ3) is 19.2. The van der Waals surface area contributed by atoms with Gasteiger partial charge in [-0.05, 0) is 24.3 Å². The van der Waals surface area contributed by atoms with Crippen LogP contribution in [0.15, 0.2) is 154 Å². The van der Waals surface area contributed by atoms with Gasteiger partial charge in [0.25, 0.3) is 23.4 Å². The lowest BCUT2D eigenvalue weighted by Gasteiger charge is -2.34. The average Bonchev–Trinajstić information content (AvgIpc) is 1.55. The molecule has 3 aromatic heterocycles. The highest BCUT2D eigenvalue weighted by Crippen LogP contribution is 2.60. The second-order valence-corrected chi connectivity index (χ2v) is 34.4. The number of nitrogens with one attached hydrogen (secondary N) is 4. The number of aliphatic hydroxyl groups is 8. The van der Waals surface area contributed by atoms with Gasteiger partial charge in [0, 0.05) is 47.0 Å². The number of terminal acetylenes is 4. The number of aromatic amines is 3. The highest BCUT2D eigenvalue weighted by atomic mass is 32.1. The van der Waals surface area contributed by atoms with Gasteiger partial charge in [-0.3, -0.25) is 64.8 Å². The number of aromatic nitrogens is 6. The van der Waals surface area contributed by atoms with Crippen LogP contribution in [0.2, 0.25) is 0 Å². The third-order valence-electron chi connectivity index (χ3n) is 18.4. The van der Waals surface area contributed by atoms with Gasteiger partial charge in [0.2, 0.25) is 0 Å². The molecule has 16 rings (SSSR count). The Kier molecular flexibility index (Phi) is 24.8. The summed E-state index contributed by atoms with van der Waals surface area (Å²) >= 11 is 19.7. The van der Waals surface area contributed by atoms with Crippen LogP contribution in [0.5, 0.6) is 23.0 Å². The first-order valence-electron chi connectivity index (χ1n) is 38.0. The first-order valence-corrected chi connectivity index (χ1v) is 42.5. The van der Waals surface area contributed by atoms with E-state index in [0.717, 1.165) is 34.3 Å². The van der Waals surface area contributed by atoms with Crippen molar-refractivity contribution >= 4 is 85.2 Å². The minimum absolute atomic E-state index is 0.0158. The van der Waals surface area contributed by atoms with E-state index in [1.54, 1.807) is 72.8 Å². The maximum Gasteiger partial charge on any atom is 0.530 e. The number of rotatable bonds is 16. The number of phosphoric acid groups is 4. The zero-order chi connectivity index (χ0) is 95.0. The Labute approximate surface area is 724 Å². The molecular formula is C73H66F4N8O31P4S4. The van der Waals surface area contributed by atoms with Crippen LogP contribution in [-0.4, -0.2) is 184 Å². The molecule has 20 atom stereocenters. The van der Waals surface area contributed by atoms with Crippen LogP contribution in [0.3, 0.4) is 0 Å². The smallest absolute Gasteiger partial charge is 0.404 e. The van der Waals surface area contributed by atoms with E-state index in [0.29, 0.717) is 31.4 Å². The maximum atomic E-state index is 15.9. The highest BCUT2D eigenvalue weighted by Gasteiger charge is 2.62. The molecule has 12 N–H and O–H groups in total. The van der Waals surface area contributed by atoms with E-state index in [9.17, 15) is 73.5 Å². The van der Waals surface area contributed by atoms with E-state index in [-0.39, 0.29) is 96.4 Å². The summed E-state index contributed by atoms with van der Waals surface area (Å²) < 4.78 is 244. The summed E-state index contributed by atoms with van der Waals surface area (Å²) in [6.45, 7) is -7.07. The molecule has 0 radical (unpaired) electrons. The summed E-state index contributed by atoms with van der Waals surface area (Å²) in [5.74, 6) is -4.91. The number of aliphatic hydroxyl groups excluding tert-OH is 8. The molecule has 0 spiro atoms. The van der Waals surface area contributed by atoms with Crippen molar-refractivity contribution in [2.45, 2.75) is 124 Å². The van der Waals surface area contributed by atoms with Crippen molar-refractivity contribution in [3.8, 4) is 72.4 Å². The van der Waals surface area contributed by atoms with Crippen molar-refractivity contribution in [2.75, 3.05) is 26.3 Å². The fourth-order valence-electron chi connectivity index (χ4n) is 11.9. The number of fused-ring (bicyclic) bond motifs is 4. The number of ether oxygens (including phenoxy) is 4. The first kappa shape index (κ1) is 84.1. The van der Waals surface area contributed by atoms with Crippen LogP contribution in [0.25, 0.3) is 0 Å². The van der Waals surface area contributed by atoms with Crippen molar-refractivity contribution in [2.24, 2.45) is 0 Å². The van der Waals surface area contributed by atoms with Gasteiger partial charge >= 0.3 is 48.4 Å². The molecule has 4 unspecified atom stereocenters. The van der Waals surface area contributed by atoms with Crippen LogP contribution in [0, 0.1) is 63.3 Å². The Bertz CT molecular complexity index is 6550. The lowest BCUT2D eigenvalue weighted by molar-refractivity contribution is -0.207. The second kappa shape index (κ2) is 36.5. The number of para-hydroxylation sites is 4. The van der Waals surface area contributed by atoms with E-state index in [1.807, 2.05) is 0 Å². The van der Waals surface area contributed by atoms with Crippen LogP contribution in [0.4, 0.5) is 17.6 Å². The molecule has 4 fully saturated rings. The van der Waals surface area contributed by atoms with Gasteiger partial charge in [0.1, 0.15) is 123 Å². The molecule has 124 heavy (non-hydrogen) atoms. The lowest BCUT2D eigenvalue weighted by atomic mass is 10.1. The van der Waals surface area contributed by atoms with Crippen molar-refractivity contribution in [1.82, 2.24) is 38.9 Å². The fraction of sp³-hybridized carbons (Fsp3) is 0.329. The summed E-state index contributed by atoms with van der Waals surface area (Å²) in [5.41, 5.74) is -0.681. The van der Waals surface area contributed by atoms with Crippen molar-refractivity contribution in [3.63, 3.8) is 0 Å². The minimum atomic E-state index is -4.77. The van der Waals surface area contributed by atoms with Crippen molar-refractivity contribution in [1.29, 1.82) is 0 Å². The number of phosphoric ester groups is 4. The number of hydrogen-bond donors (Lipinski definition) is 12. The van der Waals surface area contributed by atoms with Crippen LogP contribution in [-0.2, 0) is 99.8 Å². The largest absolute Gasteiger partial charge is 0.530 e. The quantitative estimate of drug-likeness (QED) is 0.0218. The Morgan fingerprint density at radius 2 is 0.774 bits per heavy atom. The summed E-state index contributed by atoms with van der Waals surface area (Å²) in [4.78, 5) is 44.1. The number of halogens is 4. The molecular weight excluding hydrogens is 1810 g/mol. The van der Waals surface area contributed by atoms with Gasteiger partial charge in [-0.1, -0.05) is 152 Å². The predicted molar refractivity (Wildman–Crippen MR) is 425 cm³/mol.